The Labute approximate surface area is 162 Å². The van der Waals surface area contributed by atoms with Crippen molar-refractivity contribution in [1.82, 2.24) is 4.98 Å². The van der Waals surface area contributed by atoms with Crippen molar-refractivity contribution in [2.24, 2.45) is 5.92 Å². The van der Waals surface area contributed by atoms with Crippen LogP contribution in [0.15, 0.2) is 53.3 Å². The molecule has 2 N–H and O–H groups in total. The second-order valence-electron chi connectivity index (χ2n) is 7.41. The fourth-order valence-corrected chi connectivity index (χ4v) is 3.56. The predicted molar refractivity (Wildman–Crippen MR) is 110 cm³/mol. The summed E-state index contributed by atoms with van der Waals surface area (Å²) in [6, 6.07) is 13.2. The lowest BCUT2D eigenvalue weighted by atomic mass is 9.99. The number of pyridine rings is 1. The Morgan fingerprint density at radius 1 is 1.11 bits per heavy atom. The topological polar surface area (TPSA) is 65.2 Å². The number of H-pyrrole nitrogens is 1. The minimum absolute atomic E-state index is 0.00629. The summed E-state index contributed by atoms with van der Waals surface area (Å²) < 4.78 is 13.3. The maximum Gasteiger partial charge on any atom is 0.261 e. The van der Waals surface area contributed by atoms with Gasteiger partial charge in [0.25, 0.3) is 11.5 Å². The van der Waals surface area contributed by atoms with E-state index in [1.165, 1.54) is 37.1 Å². The van der Waals surface area contributed by atoms with E-state index >= 15 is 0 Å². The van der Waals surface area contributed by atoms with E-state index in [1.807, 2.05) is 24.3 Å². The van der Waals surface area contributed by atoms with Gasteiger partial charge in [-0.15, -0.1) is 0 Å². The number of carbonyl (C=O) groups excluding carboxylic acids is 1. The number of fused-ring (bicyclic) bond motifs is 1. The van der Waals surface area contributed by atoms with Crippen molar-refractivity contribution in [2.45, 2.75) is 19.8 Å². The molecule has 4 rings (SSSR count). The van der Waals surface area contributed by atoms with Gasteiger partial charge < -0.3 is 15.2 Å². The first-order valence-electron chi connectivity index (χ1n) is 9.48. The van der Waals surface area contributed by atoms with Crippen molar-refractivity contribution >= 4 is 28.2 Å². The standard InChI is InChI=1S/C22H22FN3O2/c1-14-8-10-26(11-9-14)18-6-4-17(5-7-18)24-21(27)19-12-15-2-3-16(23)13-20(15)25-22(19)28/h2-7,12-14H,8-11H2,1H3,(H,24,27)(H,25,28). The predicted octanol–water partition coefficient (Wildman–Crippen LogP) is 4.16. The van der Waals surface area contributed by atoms with Crippen LogP contribution in [-0.4, -0.2) is 24.0 Å². The minimum Gasteiger partial charge on any atom is -0.372 e. The van der Waals surface area contributed by atoms with Crippen LogP contribution in [0.2, 0.25) is 0 Å². The van der Waals surface area contributed by atoms with Crippen molar-refractivity contribution in [2.75, 3.05) is 23.3 Å². The molecule has 2 heterocycles. The van der Waals surface area contributed by atoms with Crippen LogP contribution in [0, 0.1) is 11.7 Å². The van der Waals surface area contributed by atoms with E-state index < -0.39 is 17.3 Å². The van der Waals surface area contributed by atoms with Gasteiger partial charge in [0.1, 0.15) is 11.4 Å². The zero-order chi connectivity index (χ0) is 19.7. The molecule has 144 valence electrons. The number of aromatic nitrogens is 1. The molecule has 6 heteroatoms. The highest BCUT2D eigenvalue weighted by Crippen LogP contribution is 2.24. The van der Waals surface area contributed by atoms with Crippen molar-refractivity contribution in [3.8, 4) is 0 Å². The van der Waals surface area contributed by atoms with Gasteiger partial charge in [-0.1, -0.05) is 6.92 Å². The molecule has 5 nitrogen and oxygen atoms in total. The highest BCUT2D eigenvalue weighted by Gasteiger charge is 2.16. The molecule has 1 aliphatic heterocycles. The molecular weight excluding hydrogens is 357 g/mol. The third-order valence-corrected chi connectivity index (χ3v) is 5.33. The molecule has 0 bridgehead atoms. The first kappa shape index (κ1) is 18.2. The molecule has 1 amide bonds. The number of halogens is 1. The third kappa shape index (κ3) is 3.76. The first-order chi connectivity index (χ1) is 13.5. The summed E-state index contributed by atoms with van der Waals surface area (Å²) in [6.07, 6.45) is 2.38. The van der Waals surface area contributed by atoms with Gasteiger partial charge >= 0.3 is 0 Å². The van der Waals surface area contributed by atoms with Crippen LogP contribution < -0.4 is 15.8 Å². The monoisotopic (exact) mass is 379 g/mol. The van der Waals surface area contributed by atoms with Gasteiger partial charge in [-0.05, 0) is 72.7 Å². The van der Waals surface area contributed by atoms with Crippen molar-refractivity contribution in [3.63, 3.8) is 0 Å². The number of nitrogens with zero attached hydrogens (tertiary/aromatic N) is 1. The number of piperidine rings is 1. The second-order valence-corrected chi connectivity index (χ2v) is 7.41. The zero-order valence-electron chi connectivity index (χ0n) is 15.7. The normalized spacial score (nSPS) is 15.0. The van der Waals surface area contributed by atoms with Gasteiger partial charge in [-0.3, -0.25) is 9.59 Å². The van der Waals surface area contributed by atoms with Crippen LogP contribution in [0.4, 0.5) is 15.8 Å². The highest BCUT2D eigenvalue weighted by atomic mass is 19.1. The van der Waals surface area contributed by atoms with Crippen molar-refractivity contribution in [1.29, 1.82) is 0 Å². The molecule has 3 aromatic rings. The summed E-state index contributed by atoms with van der Waals surface area (Å²) in [6.45, 7) is 4.36. The van der Waals surface area contributed by atoms with Crippen molar-refractivity contribution < 1.29 is 9.18 Å². The second kappa shape index (κ2) is 7.46. The van der Waals surface area contributed by atoms with E-state index in [4.69, 9.17) is 0 Å². The quantitative estimate of drug-likeness (QED) is 0.718. The van der Waals surface area contributed by atoms with Gasteiger partial charge in [-0.2, -0.15) is 0 Å². The number of hydrogen-bond acceptors (Lipinski definition) is 3. The Hall–Kier alpha value is -3.15. The Bertz CT molecular complexity index is 1070. The molecule has 0 radical (unpaired) electrons. The molecule has 0 atom stereocenters. The van der Waals surface area contributed by atoms with Crippen LogP contribution >= 0.6 is 0 Å². The number of amides is 1. The van der Waals surface area contributed by atoms with Gasteiger partial charge in [0.15, 0.2) is 0 Å². The lowest BCUT2D eigenvalue weighted by Gasteiger charge is -2.32. The van der Waals surface area contributed by atoms with Crippen LogP contribution in [0.25, 0.3) is 10.9 Å². The number of aromatic amines is 1. The van der Waals surface area contributed by atoms with E-state index in [-0.39, 0.29) is 5.56 Å². The molecule has 0 unspecified atom stereocenters. The fourth-order valence-electron chi connectivity index (χ4n) is 3.56. The Morgan fingerprint density at radius 2 is 1.82 bits per heavy atom. The Morgan fingerprint density at radius 3 is 2.54 bits per heavy atom. The number of anilines is 2. The Kier molecular flexibility index (Phi) is 4.86. The molecule has 1 aliphatic rings. The molecular formula is C22H22FN3O2. The number of rotatable bonds is 3. The van der Waals surface area contributed by atoms with E-state index in [2.05, 4.69) is 22.1 Å². The fraction of sp³-hybridized carbons (Fsp3) is 0.273. The molecule has 1 saturated heterocycles. The molecule has 0 spiro atoms. The van der Waals surface area contributed by atoms with Crippen LogP contribution in [0.3, 0.4) is 0 Å². The van der Waals surface area contributed by atoms with Gasteiger partial charge in [0, 0.05) is 24.5 Å². The maximum atomic E-state index is 13.3. The maximum absolute atomic E-state index is 13.3. The first-order valence-corrected chi connectivity index (χ1v) is 9.48. The average molecular weight is 379 g/mol. The summed E-state index contributed by atoms with van der Waals surface area (Å²) >= 11 is 0. The van der Waals surface area contributed by atoms with E-state index in [9.17, 15) is 14.0 Å². The van der Waals surface area contributed by atoms with E-state index in [0.29, 0.717) is 16.6 Å². The molecule has 0 aliphatic carbocycles. The summed E-state index contributed by atoms with van der Waals surface area (Å²) in [5, 5.41) is 3.36. The zero-order valence-corrected chi connectivity index (χ0v) is 15.7. The van der Waals surface area contributed by atoms with Gasteiger partial charge in [-0.25, -0.2) is 4.39 Å². The number of benzene rings is 2. The lowest BCUT2D eigenvalue weighted by molar-refractivity contribution is 0.102. The third-order valence-electron chi connectivity index (χ3n) is 5.33. The number of hydrogen-bond donors (Lipinski definition) is 2. The molecule has 2 aromatic carbocycles. The molecule has 28 heavy (non-hydrogen) atoms. The van der Waals surface area contributed by atoms with Crippen LogP contribution in [0.1, 0.15) is 30.1 Å². The largest absolute Gasteiger partial charge is 0.372 e. The van der Waals surface area contributed by atoms with Gasteiger partial charge in [0.2, 0.25) is 0 Å². The summed E-state index contributed by atoms with van der Waals surface area (Å²) in [4.78, 5) is 29.7. The molecule has 1 aromatic heterocycles. The summed E-state index contributed by atoms with van der Waals surface area (Å²) in [7, 11) is 0. The van der Waals surface area contributed by atoms with E-state index in [1.54, 1.807) is 0 Å². The summed E-state index contributed by atoms with van der Waals surface area (Å²) in [5.74, 6) is -0.165. The lowest BCUT2D eigenvalue weighted by Crippen LogP contribution is -2.32. The number of carbonyl (C=O) groups is 1. The van der Waals surface area contributed by atoms with Crippen molar-refractivity contribution in [3.05, 3.63) is 70.3 Å². The average Bonchev–Trinajstić information content (AvgIpc) is 2.68. The van der Waals surface area contributed by atoms with Gasteiger partial charge in [0.05, 0.1) is 5.52 Å². The van der Waals surface area contributed by atoms with Crippen LogP contribution in [0.5, 0.6) is 0 Å². The molecule has 0 saturated carbocycles. The summed E-state index contributed by atoms with van der Waals surface area (Å²) in [5.41, 5.74) is 1.57. The van der Waals surface area contributed by atoms with E-state index in [0.717, 1.165) is 24.7 Å². The minimum atomic E-state index is -0.547. The van der Waals surface area contributed by atoms with Crippen LogP contribution in [-0.2, 0) is 0 Å². The number of nitrogens with one attached hydrogen (secondary N) is 2. The SMILES string of the molecule is CC1CCN(c2ccc(NC(=O)c3cc4ccc(F)cc4[nH]c3=O)cc2)CC1. The highest BCUT2D eigenvalue weighted by molar-refractivity contribution is 6.05. The Balaban J connectivity index is 1.50. The molecule has 1 fully saturated rings. The smallest absolute Gasteiger partial charge is 0.261 e.